The number of carboxylic acid groups (broad SMARTS) is 1. The molecule has 0 amide bonds. The average Bonchev–Trinajstić information content (AvgIpc) is 2.47. The number of aromatic nitrogens is 1. The van der Waals surface area contributed by atoms with E-state index in [0.717, 1.165) is 18.3 Å². The third-order valence-electron chi connectivity index (χ3n) is 2.70. The largest absolute Gasteiger partial charge is 0.478 e. The van der Waals surface area contributed by atoms with Crippen LogP contribution in [-0.4, -0.2) is 28.8 Å². The number of ether oxygens (including phenoxy) is 1. The van der Waals surface area contributed by atoms with Gasteiger partial charge in [0.1, 0.15) is 5.82 Å². The summed E-state index contributed by atoms with van der Waals surface area (Å²) in [5.74, 6) is -2.61. The minimum absolute atomic E-state index is 0.0830. The lowest BCUT2D eigenvalue weighted by Gasteiger charge is -2.13. The molecule has 1 N–H and O–H groups in total. The fourth-order valence-corrected chi connectivity index (χ4v) is 1.82. The summed E-state index contributed by atoms with van der Waals surface area (Å²) in [6.45, 7) is -1.62. The SMILES string of the molecule is O=C(O)c1cnc(OCC(F)(F)F)c(-c2ccc(Cl)c(F)c2)c1. The second-order valence-electron chi connectivity index (χ2n) is 4.41. The Morgan fingerprint density at radius 1 is 1.30 bits per heavy atom. The van der Waals surface area contributed by atoms with Crippen LogP contribution in [0.5, 0.6) is 5.88 Å². The molecule has 0 aliphatic rings. The molecule has 1 heterocycles. The molecule has 0 fully saturated rings. The minimum Gasteiger partial charge on any atom is -0.478 e. The zero-order valence-electron chi connectivity index (χ0n) is 11.2. The molecule has 2 rings (SSSR count). The van der Waals surface area contributed by atoms with Gasteiger partial charge in [-0.05, 0) is 23.8 Å². The second kappa shape index (κ2) is 6.41. The molecule has 0 spiro atoms. The Morgan fingerprint density at radius 2 is 2.00 bits per heavy atom. The Bertz CT molecular complexity index is 749. The molecule has 9 heteroatoms. The van der Waals surface area contributed by atoms with Gasteiger partial charge in [0.2, 0.25) is 5.88 Å². The first-order valence-electron chi connectivity index (χ1n) is 6.05. The topological polar surface area (TPSA) is 59.4 Å². The average molecular weight is 350 g/mol. The van der Waals surface area contributed by atoms with Crippen LogP contribution < -0.4 is 4.74 Å². The summed E-state index contributed by atoms with van der Waals surface area (Å²) in [5.41, 5.74) is -0.292. The zero-order valence-corrected chi connectivity index (χ0v) is 12.0. The van der Waals surface area contributed by atoms with Gasteiger partial charge in [0.15, 0.2) is 6.61 Å². The van der Waals surface area contributed by atoms with Crippen molar-refractivity contribution in [3.05, 3.63) is 46.9 Å². The molecule has 0 radical (unpaired) electrons. The van der Waals surface area contributed by atoms with Gasteiger partial charge in [0.25, 0.3) is 0 Å². The van der Waals surface area contributed by atoms with Gasteiger partial charge in [-0.15, -0.1) is 0 Å². The standard InChI is InChI=1S/C14H8ClF4NO3/c15-10-2-1-7(4-11(10)16)9-3-8(13(21)22)5-20-12(9)23-6-14(17,18)19/h1-5H,6H2,(H,21,22). The fourth-order valence-electron chi connectivity index (χ4n) is 1.70. The van der Waals surface area contributed by atoms with Crippen molar-refractivity contribution in [2.75, 3.05) is 6.61 Å². The van der Waals surface area contributed by atoms with Crippen LogP contribution in [0.4, 0.5) is 17.6 Å². The predicted octanol–water partition coefficient (Wildman–Crippen LogP) is 4.18. The summed E-state index contributed by atoms with van der Waals surface area (Å²) in [6, 6.07) is 4.50. The molecule has 122 valence electrons. The molecule has 0 unspecified atom stereocenters. The van der Waals surface area contributed by atoms with Crippen LogP contribution in [0, 0.1) is 5.82 Å². The van der Waals surface area contributed by atoms with E-state index in [-0.39, 0.29) is 21.7 Å². The lowest BCUT2D eigenvalue weighted by Crippen LogP contribution is -2.20. The summed E-state index contributed by atoms with van der Waals surface area (Å²) in [6.07, 6.45) is -3.75. The molecule has 1 aromatic heterocycles. The molecule has 0 bridgehead atoms. The minimum atomic E-state index is -4.60. The third-order valence-corrected chi connectivity index (χ3v) is 3.01. The quantitative estimate of drug-likeness (QED) is 0.841. The first-order chi connectivity index (χ1) is 10.7. The number of nitrogens with zero attached hydrogens (tertiary/aromatic N) is 1. The molecule has 2 aromatic rings. The van der Waals surface area contributed by atoms with Crippen LogP contribution in [0.25, 0.3) is 11.1 Å². The number of rotatable bonds is 4. The molecular formula is C14H8ClF4NO3. The van der Waals surface area contributed by atoms with Crippen LogP contribution in [0.1, 0.15) is 10.4 Å². The van der Waals surface area contributed by atoms with E-state index in [1.165, 1.54) is 12.1 Å². The second-order valence-corrected chi connectivity index (χ2v) is 4.82. The van der Waals surface area contributed by atoms with Gasteiger partial charge in [-0.3, -0.25) is 0 Å². The van der Waals surface area contributed by atoms with Crippen LogP contribution >= 0.6 is 11.6 Å². The Balaban J connectivity index is 2.49. The number of alkyl halides is 3. The highest BCUT2D eigenvalue weighted by Gasteiger charge is 2.29. The fraction of sp³-hybridized carbons (Fsp3) is 0.143. The van der Waals surface area contributed by atoms with Crippen molar-refractivity contribution >= 4 is 17.6 Å². The van der Waals surface area contributed by atoms with Crippen LogP contribution in [0.3, 0.4) is 0 Å². The molecule has 4 nitrogen and oxygen atoms in total. The number of pyridine rings is 1. The normalized spacial score (nSPS) is 11.3. The van der Waals surface area contributed by atoms with Gasteiger partial charge in [-0.25, -0.2) is 14.2 Å². The van der Waals surface area contributed by atoms with E-state index < -0.39 is 30.4 Å². The van der Waals surface area contributed by atoms with E-state index in [4.69, 9.17) is 16.7 Å². The maximum Gasteiger partial charge on any atom is 0.422 e. The number of benzene rings is 1. The number of hydrogen-bond acceptors (Lipinski definition) is 3. The van der Waals surface area contributed by atoms with Gasteiger partial charge in [0, 0.05) is 11.8 Å². The van der Waals surface area contributed by atoms with Crippen molar-refractivity contribution in [2.24, 2.45) is 0 Å². The van der Waals surface area contributed by atoms with E-state index in [1.807, 2.05) is 0 Å². The van der Waals surface area contributed by atoms with Gasteiger partial charge in [-0.1, -0.05) is 17.7 Å². The number of hydrogen-bond donors (Lipinski definition) is 1. The molecular weight excluding hydrogens is 342 g/mol. The first kappa shape index (κ1) is 17.0. The van der Waals surface area contributed by atoms with Crippen LogP contribution in [0.2, 0.25) is 5.02 Å². The summed E-state index contributed by atoms with van der Waals surface area (Å²) < 4.78 is 54.9. The summed E-state index contributed by atoms with van der Waals surface area (Å²) >= 11 is 5.55. The summed E-state index contributed by atoms with van der Waals surface area (Å²) in [5, 5.41) is 8.76. The van der Waals surface area contributed by atoms with Crippen molar-refractivity contribution in [1.82, 2.24) is 4.98 Å². The van der Waals surface area contributed by atoms with E-state index in [9.17, 15) is 22.4 Å². The van der Waals surface area contributed by atoms with Gasteiger partial charge in [-0.2, -0.15) is 13.2 Å². The number of carbonyl (C=O) groups is 1. The molecule has 1 aromatic carbocycles. The molecule has 0 aliphatic carbocycles. The van der Waals surface area contributed by atoms with E-state index >= 15 is 0 Å². The smallest absolute Gasteiger partial charge is 0.422 e. The summed E-state index contributed by atoms with van der Waals surface area (Å²) in [7, 11) is 0. The third kappa shape index (κ3) is 4.32. The highest BCUT2D eigenvalue weighted by molar-refractivity contribution is 6.30. The monoisotopic (exact) mass is 349 g/mol. The van der Waals surface area contributed by atoms with Crippen molar-refractivity contribution < 1.29 is 32.2 Å². The Hall–Kier alpha value is -2.35. The number of halogens is 5. The van der Waals surface area contributed by atoms with Crippen molar-refractivity contribution in [3.8, 4) is 17.0 Å². The summed E-state index contributed by atoms with van der Waals surface area (Å²) in [4.78, 5) is 14.6. The Labute approximate surface area is 132 Å². The highest BCUT2D eigenvalue weighted by atomic mass is 35.5. The Morgan fingerprint density at radius 3 is 2.57 bits per heavy atom. The molecule has 23 heavy (non-hydrogen) atoms. The number of aromatic carboxylic acids is 1. The maximum absolute atomic E-state index is 13.5. The predicted molar refractivity (Wildman–Crippen MR) is 73.2 cm³/mol. The van der Waals surface area contributed by atoms with Crippen LogP contribution in [-0.2, 0) is 0 Å². The van der Waals surface area contributed by atoms with Gasteiger partial charge >= 0.3 is 12.1 Å². The van der Waals surface area contributed by atoms with E-state index in [0.29, 0.717) is 0 Å². The van der Waals surface area contributed by atoms with Gasteiger partial charge < -0.3 is 9.84 Å². The van der Waals surface area contributed by atoms with Crippen molar-refractivity contribution in [3.63, 3.8) is 0 Å². The van der Waals surface area contributed by atoms with Crippen LogP contribution in [0.15, 0.2) is 30.5 Å². The van der Waals surface area contributed by atoms with Crippen molar-refractivity contribution in [1.29, 1.82) is 0 Å². The molecule has 0 aliphatic heterocycles. The lowest BCUT2D eigenvalue weighted by molar-refractivity contribution is -0.154. The lowest BCUT2D eigenvalue weighted by atomic mass is 10.1. The van der Waals surface area contributed by atoms with E-state index in [1.54, 1.807) is 0 Å². The maximum atomic E-state index is 13.5. The Kier molecular flexibility index (Phi) is 4.74. The highest BCUT2D eigenvalue weighted by Crippen LogP contribution is 2.32. The number of carboxylic acids is 1. The molecule has 0 saturated heterocycles. The zero-order chi connectivity index (χ0) is 17.2. The first-order valence-corrected chi connectivity index (χ1v) is 6.43. The van der Waals surface area contributed by atoms with E-state index in [2.05, 4.69) is 9.72 Å². The molecule has 0 saturated carbocycles. The molecule has 0 atom stereocenters. The van der Waals surface area contributed by atoms with Crippen molar-refractivity contribution in [2.45, 2.75) is 6.18 Å². The van der Waals surface area contributed by atoms with Gasteiger partial charge in [0.05, 0.1) is 10.6 Å².